The van der Waals surface area contributed by atoms with Crippen LogP contribution in [0.4, 0.5) is 0 Å². The topological polar surface area (TPSA) is 42.1 Å². The highest BCUT2D eigenvalue weighted by molar-refractivity contribution is 7.97. The number of ether oxygens (including phenoxy) is 1. The number of esters is 1. The first-order valence-corrected chi connectivity index (χ1v) is 8.80. The van der Waals surface area contributed by atoms with E-state index < -0.39 is 0 Å². The second kappa shape index (κ2) is 5.70. The molecule has 5 heteroatoms. The fraction of sp³-hybridized carbons (Fsp3) is 0.400. The molecular weight excluding hydrogens is 294 g/mol. The van der Waals surface area contributed by atoms with Crippen LogP contribution in [0.2, 0.25) is 5.02 Å². The van der Waals surface area contributed by atoms with Crippen molar-refractivity contribution >= 4 is 39.4 Å². The van der Waals surface area contributed by atoms with Crippen LogP contribution < -0.4 is 0 Å². The maximum Gasteiger partial charge on any atom is 0.360 e. The molecule has 1 aliphatic heterocycles. The smallest absolute Gasteiger partial charge is 0.360 e. The summed E-state index contributed by atoms with van der Waals surface area (Å²) in [5, 5.41) is 1.78. The van der Waals surface area contributed by atoms with Gasteiger partial charge in [0.2, 0.25) is 0 Å². The lowest BCUT2D eigenvalue weighted by Crippen LogP contribution is -2.12. The molecule has 0 amide bonds. The Hall–Kier alpha value is -1.13. The van der Waals surface area contributed by atoms with Gasteiger partial charge < -0.3 is 9.72 Å². The Morgan fingerprint density at radius 1 is 1.40 bits per heavy atom. The number of fused-ring (bicyclic) bond motifs is 1. The molecule has 2 aromatic rings. The fourth-order valence-corrected chi connectivity index (χ4v) is 5.44. The minimum Gasteiger partial charge on any atom is -0.461 e. The van der Waals surface area contributed by atoms with Gasteiger partial charge in [-0.15, -0.1) is 0 Å². The van der Waals surface area contributed by atoms with Crippen LogP contribution in [-0.2, 0) is 15.6 Å². The van der Waals surface area contributed by atoms with Crippen molar-refractivity contribution in [2.75, 3.05) is 18.1 Å². The summed E-state index contributed by atoms with van der Waals surface area (Å²) >= 11 is 6.12. The van der Waals surface area contributed by atoms with Crippen LogP contribution in [0.1, 0.15) is 30.3 Å². The molecule has 0 bridgehead atoms. The summed E-state index contributed by atoms with van der Waals surface area (Å²) in [7, 11) is 0.131. The Morgan fingerprint density at radius 2 is 2.15 bits per heavy atom. The summed E-state index contributed by atoms with van der Waals surface area (Å²) < 4.78 is 5.19. The summed E-state index contributed by atoms with van der Waals surface area (Å²) in [5.74, 6) is 2.06. The molecule has 0 unspecified atom stereocenters. The van der Waals surface area contributed by atoms with Crippen LogP contribution in [0.5, 0.6) is 0 Å². The summed E-state index contributed by atoms with van der Waals surface area (Å²) in [6, 6.07) is 5.73. The zero-order chi connectivity index (χ0) is 14.1. The molecule has 1 N–H and O–H groups in total. The Labute approximate surface area is 126 Å². The van der Waals surface area contributed by atoms with E-state index in [1.807, 2.05) is 25.1 Å². The van der Waals surface area contributed by atoms with Crippen molar-refractivity contribution in [3.05, 3.63) is 28.9 Å². The quantitative estimate of drug-likeness (QED) is 0.692. The number of carbonyl (C=O) groups is 1. The molecule has 106 valence electrons. The Balaban J connectivity index is 2.16. The van der Waals surface area contributed by atoms with E-state index in [9.17, 15) is 4.79 Å². The molecule has 3 rings (SSSR count). The van der Waals surface area contributed by atoms with E-state index in [2.05, 4.69) is 4.98 Å². The first kappa shape index (κ1) is 13.8. The zero-order valence-electron chi connectivity index (χ0n) is 11.4. The predicted molar refractivity (Wildman–Crippen MR) is 83.9 cm³/mol. The van der Waals surface area contributed by atoms with Crippen LogP contribution in [0.25, 0.3) is 10.9 Å². The van der Waals surface area contributed by atoms with Crippen molar-refractivity contribution in [3.63, 3.8) is 0 Å². The van der Waals surface area contributed by atoms with Crippen LogP contribution >= 0.6 is 11.6 Å². The molecule has 0 aliphatic carbocycles. The lowest BCUT2D eigenvalue weighted by molar-refractivity contribution is 0.0516. The minimum absolute atomic E-state index is 0.131. The Morgan fingerprint density at radius 3 is 2.85 bits per heavy atom. The van der Waals surface area contributed by atoms with Gasteiger partial charge in [-0.05, 0) is 38.0 Å². The number of hydrogen-bond donors (Lipinski definition) is 1. The highest BCUT2D eigenvalue weighted by Crippen LogP contribution is 2.34. The number of nitrogens with one attached hydrogen (secondary N) is 1. The van der Waals surface area contributed by atoms with Gasteiger partial charge in [0.1, 0.15) is 11.5 Å². The lowest BCUT2D eigenvalue weighted by atomic mass is 10.2. The van der Waals surface area contributed by atoms with Gasteiger partial charge in [0.15, 0.2) is 10.6 Å². The van der Waals surface area contributed by atoms with Crippen molar-refractivity contribution in [1.82, 2.24) is 4.98 Å². The van der Waals surface area contributed by atoms with E-state index in [4.69, 9.17) is 16.3 Å². The van der Waals surface area contributed by atoms with Gasteiger partial charge in [0.05, 0.1) is 17.5 Å². The first-order chi connectivity index (χ1) is 9.70. The van der Waals surface area contributed by atoms with Gasteiger partial charge in [0, 0.05) is 15.9 Å². The van der Waals surface area contributed by atoms with Gasteiger partial charge in [-0.25, -0.2) is 4.79 Å². The number of rotatable bonds is 3. The van der Waals surface area contributed by atoms with E-state index in [-0.39, 0.29) is 16.9 Å². The van der Waals surface area contributed by atoms with Gasteiger partial charge in [-0.2, -0.15) is 0 Å². The van der Waals surface area contributed by atoms with Crippen molar-refractivity contribution in [2.45, 2.75) is 24.7 Å². The van der Waals surface area contributed by atoms with Crippen molar-refractivity contribution in [3.8, 4) is 0 Å². The number of benzene rings is 1. The molecule has 0 radical (unpaired) electrons. The fourth-order valence-electron chi connectivity index (χ4n) is 2.65. The molecule has 2 heterocycles. The molecular formula is C15H17ClNO2S+. The van der Waals surface area contributed by atoms with Crippen LogP contribution in [0.3, 0.4) is 0 Å². The Kier molecular flexibility index (Phi) is 3.94. The van der Waals surface area contributed by atoms with Crippen molar-refractivity contribution in [1.29, 1.82) is 0 Å². The number of hydrogen-bond acceptors (Lipinski definition) is 2. The third-order valence-corrected chi connectivity index (χ3v) is 6.31. The monoisotopic (exact) mass is 310 g/mol. The third kappa shape index (κ3) is 2.42. The molecule has 1 aromatic carbocycles. The van der Waals surface area contributed by atoms with Crippen LogP contribution in [0, 0.1) is 0 Å². The van der Waals surface area contributed by atoms with E-state index in [1.165, 1.54) is 12.8 Å². The van der Waals surface area contributed by atoms with E-state index in [0.717, 1.165) is 27.3 Å². The Bertz CT molecular complexity index is 647. The average Bonchev–Trinajstić information content (AvgIpc) is 3.04. The van der Waals surface area contributed by atoms with Gasteiger partial charge in [-0.1, -0.05) is 11.6 Å². The normalized spacial score (nSPS) is 15.9. The van der Waals surface area contributed by atoms with Crippen LogP contribution in [-0.4, -0.2) is 29.1 Å². The second-order valence-electron chi connectivity index (χ2n) is 4.85. The third-order valence-electron chi connectivity index (χ3n) is 3.51. The summed E-state index contributed by atoms with van der Waals surface area (Å²) in [6.07, 6.45) is 2.47. The maximum absolute atomic E-state index is 12.2. The van der Waals surface area contributed by atoms with Gasteiger partial charge in [-0.3, -0.25) is 0 Å². The molecule has 0 atom stereocenters. The van der Waals surface area contributed by atoms with E-state index >= 15 is 0 Å². The predicted octanol–water partition coefficient (Wildman–Crippen LogP) is 3.77. The molecule has 1 aromatic heterocycles. The second-order valence-corrected chi connectivity index (χ2v) is 7.49. The lowest BCUT2D eigenvalue weighted by Gasteiger charge is -2.03. The largest absolute Gasteiger partial charge is 0.461 e. The molecule has 1 fully saturated rings. The number of aromatic nitrogens is 1. The highest BCUT2D eigenvalue weighted by atomic mass is 35.5. The van der Waals surface area contributed by atoms with E-state index in [1.54, 1.807) is 0 Å². The molecule has 1 aliphatic rings. The molecule has 1 saturated heterocycles. The van der Waals surface area contributed by atoms with Crippen LogP contribution in [0.15, 0.2) is 23.1 Å². The van der Waals surface area contributed by atoms with Crippen molar-refractivity contribution < 1.29 is 9.53 Å². The molecule has 3 nitrogen and oxygen atoms in total. The standard InChI is InChI=1S/C15H16ClNO2S/c1-2-19-15(18)13-14(20-7-3-4-8-20)11-9-10(16)5-6-12(11)17-13/h5-6,9H,2-4,7-8H2,1H3/p+1. The number of H-pyrrole nitrogens is 1. The summed E-state index contributed by atoms with van der Waals surface area (Å²) in [6.45, 7) is 2.22. The molecule has 0 spiro atoms. The minimum atomic E-state index is -0.255. The number of aromatic amines is 1. The van der Waals surface area contributed by atoms with Gasteiger partial charge in [0.25, 0.3) is 0 Å². The molecule has 20 heavy (non-hydrogen) atoms. The average molecular weight is 311 g/mol. The number of carbonyl (C=O) groups excluding carboxylic acids is 1. The number of halogens is 1. The summed E-state index contributed by atoms with van der Waals surface area (Å²) in [4.78, 5) is 16.5. The first-order valence-electron chi connectivity index (χ1n) is 6.86. The SMILES string of the molecule is CCOC(=O)c1[nH]c2ccc(Cl)cc2c1[S+]1CCCC1. The zero-order valence-corrected chi connectivity index (χ0v) is 12.9. The van der Waals surface area contributed by atoms with E-state index in [0.29, 0.717) is 17.3 Å². The highest BCUT2D eigenvalue weighted by Gasteiger charge is 2.35. The summed E-state index contributed by atoms with van der Waals surface area (Å²) in [5.41, 5.74) is 1.58. The van der Waals surface area contributed by atoms with Gasteiger partial charge >= 0.3 is 5.97 Å². The molecule has 0 saturated carbocycles. The maximum atomic E-state index is 12.2. The van der Waals surface area contributed by atoms with Crippen molar-refractivity contribution in [2.24, 2.45) is 0 Å².